The molecule has 20 heavy (non-hydrogen) atoms. The lowest BCUT2D eigenvalue weighted by molar-refractivity contribution is -0.136. The van der Waals surface area contributed by atoms with E-state index in [0.717, 1.165) is 9.87 Å². The zero-order chi connectivity index (χ0) is 15.1. The number of rotatable bonds is 2. The molecule has 7 nitrogen and oxygen atoms in total. The van der Waals surface area contributed by atoms with Crippen molar-refractivity contribution < 1.29 is 18.0 Å². The van der Waals surface area contributed by atoms with Gasteiger partial charge in [0.15, 0.2) is 0 Å². The van der Waals surface area contributed by atoms with Gasteiger partial charge in [-0.1, -0.05) is 6.07 Å². The number of carbonyl (C=O) groups is 2. The Morgan fingerprint density at radius 2 is 2.00 bits per heavy atom. The maximum Gasteiger partial charge on any atom is 0.244 e. The molecule has 2 amide bonds. The van der Waals surface area contributed by atoms with Crippen molar-refractivity contribution in [2.24, 2.45) is 0 Å². The number of nitrogens with two attached hydrogens (primary N) is 1. The molecule has 0 spiro atoms. The van der Waals surface area contributed by atoms with Crippen molar-refractivity contribution in [3.63, 3.8) is 0 Å². The van der Waals surface area contributed by atoms with Crippen LogP contribution in [0.4, 0.5) is 5.69 Å². The molecule has 0 aliphatic carbocycles. The van der Waals surface area contributed by atoms with E-state index >= 15 is 0 Å². The lowest BCUT2D eigenvalue weighted by Crippen LogP contribution is -2.58. The minimum atomic E-state index is -3.94. The Labute approximate surface area is 116 Å². The summed E-state index contributed by atoms with van der Waals surface area (Å²) in [5.74, 6) is -1.28. The Bertz CT molecular complexity index is 684. The van der Waals surface area contributed by atoms with Crippen molar-refractivity contribution >= 4 is 27.5 Å². The second-order valence-corrected chi connectivity index (χ2v) is 6.55. The molecule has 0 radical (unpaired) electrons. The summed E-state index contributed by atoms with van der Waals surface area (Å²) < 4.78 is 25.9. The Morgan fingerprint density at radius 3 is 2.60 bits per heavy atom. The van der Waals surface area contributed by atoms with E-state index in [4.69, 9.17) is 5.73 Å². The molecular weight excluding hydrogens is 282 g/mol. The number of nitrogens with zero attached hydrogens (tertiary/aromatic N) is 1. The number of piperazine rings is 1. The Hall–Kier alpha value is -1.93. The molecule has 1 aliphatic rings. The number of carbonyl (C=O) groups excluding carboxylic acids is 2. The van der Waals surface area contributed by atoms with Crippen molar-refractivity contribution in [3.8, 4) is 0 Å². The summed E-state index contributed by atoms with van der Waals surface area (Å²) in [6.07, 6.45) is 0. The highest BCUT2D eigenvalue weighted by Gasteiger charge is 2.38. The minimum Gasteiger partial charge on any atom is -0.398 e. The fraction of sp³-hybridized carbons (Fsp3) is 0.333. The average molecular weight is 297 g/mol. The molecule has 2 rings (SSSR count). The molecule has 0 aromatic heterocycles. The highest BCUT2D eigenvalue weighted by atomic mass is 32.2. The number of amides is 2. The molecule has 108 valence electrons. The number of aryl methyl sites for hydroxylation is 1. The van der Waals surface area contributed by atoms with Crippen LogP contribution in [0.15, 0.2) is 23.1 Å². The number of anilines is 1. The summed E-state index contributed by atoms with van der Waals surface area (Å²) in [5, 5.41) is 2.09. The molecule has 3 N–H and O–H groups in total. The van der Waals surface area contributed by atoms with Crippen LogP contribution in [-0.2, 0) is 19.6 Å². The Kier molecular flexibility index (Phi) is 3.53. The number of hydrogen-bond acceptors (Lipinski definition) is 5. The molecule has 8 heteroatoms. The van der Waals surface area contributed by atoms with Gasteiger partial charge in [-0.25, -0.2) is 8.42 Å². The lowest BCUT2D eigenvalue weighted by atomic mass is 10.2. The zero-order valence-electron chi connectivity index (χ0n) is 11.1. The first-order valence-corrected chi connectivity index (χ1v) is 7.39. The van der Waals surface area contributed by atoms with Gasteiger partial charge in [0.1, 0.15) is 6.04 Å². The normalized spacial score (nSPS) is 20.8. The molecule has 0 saturated carbocycles. The van der Waals surface area contributed by atoms with Gasteiger partial charge in [0.25, 0.3) is 0 Å². The molecule has 1 aliphatic heterocycles. The standard InChI is InChI=1S/C12H15N3O4S/c1-7-3-4-9(5-10(7)13)20(18,19)15-6-11(16)14-12(17)8(15)2/h3-5,8H,6,13H2,1-2H3,(H,14,16,17). The first-order valence-electron chi connectivity index (χ1n) is 5.95. The Morgan fingerprint density at radius 1 is 1.35 bits per heavy atom. The summed E-state index contributed by atoms with van der Waals surface area (Å²) in [6.45, 7) is 2.80. The second kappa shape index (κ2) is 4.88. The zero-order valence-corrected chi connectivity index (χ0v) is 11.9. The van der Waals surface area contributed by atoms with E-state index in [-0.39, 0.29) is 11.4 Å². The van der Waals surface area contributed by atoms with Gasteiger partial charge in [0.2, 0.25) is 21.8 Å². The molecule has 1 saturated heterocycles. The third-order valence-corrected chi connectivity index (χ3v) is 5.14. The third kappa shape index (κ3) is 2.39. The maximum atomic E-state index is 12.5. The van der Waals surface area contributed by atoms with Gasteiger partial charge < -0.3 is 5.73 Å². The van der Waals surface area contributed by atoms with Crippen molar-refractivity contribution in [1.29, 1.82) is 0 Å². The van der Waals surface area contributed by atoms with Gasteiger partial charge in [-0.2, -0.15) is 4.31 Å². The van der Waals surface area contributed by atoms with Crippen LogP contribution in [0.1, 0.15) is 12.5 Å². The largest absolute Gasteiger partial charge is 0.398 e. The van der Waals surface area contributed by atoms with Crippen molar-refractivity contribution in [1.82, 2.24) is 9.62 Å². The Balaban J connectivity index is 2.45. The van der Waals surface area contributed by atoms with Gasteiger partial charge in [0, 0.05) is 5.69 Å². The van der Waals surface area contributed by atoms with Crippen LogP contribution in [-0.4, -0.2) is 37.1 Å². The van der Waals surface area contributed by atoms with E-state index in [9.17, 15) is 18.0 Å². The second-order valence-electron chi connectivity index (χ2n) is 4.66. The molecule has 1 fully saturated rings. The van der Waals surface area contributed by atoms with Gasteiger partial charge in [-0.15, -0.1) is 0 Å². The smallest absolute Gasteiger partial charge is 0.244 e. The van der Waals surface area contributed by atoms with Crippen molar-refractivity contribution in [3.05, 3.63) is 23.8 Å². The first kappa shape index (κ1) is 14.5. The van der Waals surface area contributed by atoms with E-state index in [1.807, 2.05) is 0 Å². The van der Waals surface area contributed by atoms with E-state index in [0.29, 0.717) is 5.69 Å². The molecular formula is C12H15N3O4S. The molecule has 0 bridgehead atoms. The number of nitrogen functional groups attached to an aromatic ring is 1. The summed E-state index contributed by atoms with van der Waals surface area (Å²) in [7, 11) is -3.94. The number of imide groups is 1. The van der Waals surface area contributed by atoms with Crippen LogP contribution < -0.4 is 11.1 Å². The molecule has 1 aromatic rings. The van der Waals surface area contributed by atoms with Crippen molar-refractivity contribution in [2.75, 3.05) is 12.3 Å². The van der Waals surface area contributed by atoms with Gasteiger partial charge in [0.05, 0.1) is 11.4 Å². The highest BCUT2D eigenvalue weighted by molar-refractivity contribution is 7.89. The van der Waals surface area contributed by atoms with Crippen LogP contribution >= 0.6 is 0 Å². The fourth-order valence-electron chi connectivity index (χ4n) is 1.90. The summed E-state index contributed by atoms with van der Waals surface area (Å²) in [6, 6.07) is 3.37. The van der Waals surface area contributed by atoms with Crippen LogP contribution in [0, 0.1) is 6.92 Å². The topological polar surface area (TPSA) is 110 Å². The lowest BCUT2D eigenvalue weighted by Gasteiger charge is -2.30. The minimum absolute atomic E-state index is 0.0325. The van der Waals surface area contributed by atoms with E-state index in [1.165, 1.54) is 19.1 Å². The highest BCUT2D eigenvalue weighted by Crippen LogP contribution is 2.23. The van der Waals surface area contributed by atoms with E-state index in [2.05, 4.69) is 5.32 Å². The molecule has 1 aromatic carbocycles. The predicted molar refractivity (Wildman–Crippen MR) is 72.1 cm³/mol. The average Bonchev–Trinajstić information content (AvgIpc) is 2.36. The van der Waals surface area contributed by atoms with Crippen LogP contribution in [0.25, 0.3) is 0 Å². The van der Waals surface area contributed by atoms with Crippen LogP contribution in [0.3, 0.4) is 0 Å². The van der Waals surface area contributed by atoms with Crippen molar-refractivity contribution in [2.45, 2.75) is 24.8 Å². The number of hydrogen-bond donors (Lipinski definition) is 2. The van der Waals surface area contributed by atoms with Gasteiger partial charge >= 0.3 is 0 Å². The quantitative estimate of drug-likeness (QED) is 0.571. The first-order chi connectivity index (χ1) is 9.23. The maximum absolute atomic E-state index is 12.5. The molecule has 1 unspecified atom stereocenters. The monoisotopic (exact) mass is 297 g/mol. The van der Waals surface area contributed by atoms with Crippen LogP contribution in [0.5, 0.6) is 0 Å². The molecule has 1 atom stereocenters. The summed E-state index contributed by atoms with van der Waals surface area (Å²) in [5.41, 5.74) is 6.80. The summed E-state index contributed by atoms with van der Waals surface area (Å²) >= 11 is 0. The van der Waals surface area contributed by atoms with E-state index in [1.54, 1.807) is 13.0 Å². The number of benzene rings is 1. The van der Waals surface area contributed by atoms with Gasteiger partial charge in [-0.3, -0.25) is 14.9 Å². The predicted octanol–water partition coefficient (Wildman–Crippen LogP) is -0.387. The fourth-order valence-corrected chi connectivity index (χ4v) is 3.48. The van der Waals surface area contributed by atoms with Crippen LogP contribution in [0.2, 0.25) is 0 Å². The van der Waals surface area contributed by atoms with Gasteiger partial charge in [-0.05, 0) is 31.5 Å². The van der Waals surface area contributed by atoms with E-state index < -0.39 is 27.9 Å². The SMILES string of the molecule is Cc1ccc(S(=O)(=O)N2CC(=O)NC(=O)C2C)cc1N. The third-order valence-electron chi connectivity index (χ3n) is 3.23. The number of nitrogens with one attached hydrogen (secondary N) is 1. The molecule has 1 heterocycles. The summed E-state index contributed by atoms with van der Waals surface area (Å²) in [4.78, 5) is 22.9. The number of sulfonamides is 1.